The lowest BCUT2D eigenvalue weighted by Gasteiger charge is -2.32. The van der Waals surface area contributed by atoms with Gasteiger partial charge in [0.1, 0.15) is 5.75 Å². The van der Waals surface area contributed by atoms with Gasteiger partial charge < -0.3 is 14.2 Å². The number of anilines is 2. The average Bonchev–Trinajstić information content (AvgIpc) is 3.15. The van der Waals surface area contributed by atoms with Crippen LogP contribution in [0.15, 0.2) is 70.5 Å². The van der Waals surface area contributed by atoms with Gasteiger partial charge in [-0.1, -0.05) is 0 Å². The van der Waals surface area contributed by atoms with Crippen molar-refractivity contribution in [1.82, 2.24) is 0 Å². The Morgan fingerprint density at radius 2 is 1.59 bits per heavy atom. The highest BCUT2D eigenvalue weighted by molar-refractivity contribution is 7.91. The first kappa shape index (κ1) is 24.8. The molecular formula is C25H22FN2O8S+. The van der Waals surface area contributed by atoms with E-state index in [9.17, 15) is 18.1 Å². The second-order valence-electron chi connectivity index (χ2n) is 8.24. The highest BCUT2D eigenvalue weighted by Gasteiger charge is 2.56. The first-order valence-corrected chi connectivity index (χ1v) is 12.7. The van der Waals surface area contributed by atoms with Gasteiger partial charge in [0, 0.05) is 11.6 Å². The number of sulfone groups is 1. The molecular weight excluding hydrogens is 507 g/mol. The van der Waals surface area contributed by atoms with E-state index in [1.165, 1.54) is 61.7 Å². The predicted octanol–water partition coefficient (Wildman–Crippen LogP) is 3.91. The van der Waals surface area contributed by atoms with E-state index in [-0.39, 0.29) is 50.6 Å². The molecule has 192 valence electrons. The van der Waals surface area contributed by atoms with E-state index in [0.29, 0.717) is 12.2 Å². The zero-order chi connectivity index (χ0) is 26.4. The van der Waals surface area contributed by atoms with Gasteiger partial charge in [-0.05, 0) is 55.0 Å². The third-order valence-electron chi connectivity index (χ3n) is 6.18. The van der Waals surface area contributed by atoms with Crippen LogP contribution in [0.2, 0.25) is 0 Å². The summed E-state index contributed by atoms with van der Waals surface area (Å²) in [6, 6.07) is 13.4. The number of ether oxygens (including phenoxy) is 3. The third-order valence-corrected chi connectivity index (χ3v) is 7.94. The molecule has 3 aromatic carbocycles. The summed E-state index contributed by atoms with van der Waals surface area (Å²) in [4.78, 5) is 31.1. The van der Waals surface area contributed by atoms with Crippen LogP contribution in [0.1, 0.15) is 12.0 Å². The molecule has 0 atom stereocenters. The van der Waals surface area contributed by atoms with E-state index in [0.717, 1.165) is 18.1 Å². The van der Waals surface area contributed by atoms with Crippen molar-refractivity contribution in [3.05, 3.63) is 77.0 Å². The van der Waals surface area contributed by atoms with Gasteiger partial charge in [0.15, 0.2) is 12.9 Å². The number of halogens is 1. The summed E-state index contributed by atoms with van der Waals surface area (Å²) in [6.45, 7) is 0.351. The molecule has 2 aliphatic rings. The summed E-state index contributed by atoms with van der Waals surface area (Å²) < 4.78 is 58.7. The molecule has 0 bridgehead atoms. The Kier molecular flexibility index (Phi) is 6.18. The summed E-state index contributed by atoms with van der Waals surface area (Å²) in [6.07, 6.45) is 0.521. The summed E-state index contributed by atoms with van der Waals surface area (Å²) >= 11 is 0. The number of benzene rings is 3. The fourth-order valence-corrected chi connectivity index (χ4v) is 5.64. The van der Waals surface area contributed by atoms with Gasteiger partial charge in [-0.15, -0.1) is 0 Å². The molecule has 2 aliphatic heterocycles. The molecule has 0 N–H and O–H groups in total. The SMILES string of the molecule is COc1ccc(S(=O)(=O)c2ccc3c(c2)C2(OCCCO2)C(=O)N3c2ccc([N+](=O)OC)cc2F)cc1. The Morgan fingerprint density at radius 1 is 0.946 bits per heavy atom. The van der Waals surface area contributed by atoms with E-state index in [4.69, 9.17) is 14.2 Å². The number of rotatable bonds is 6. The van der Waals surface area contributed by atoms with Crippen molar-refractivity contribution in [2.24, 2.45) is 0 Å². The van der Waals surface area contributed by atoms with Gasteiger partial charge in [0.2, 0.25) is 9.84 Å². The van der Waals surface area contributed by atoms with Crippen LogP contribution in [0.4, 0.5) is 21.5 Å². The maximum absolute atomic E-state index is 15.2. The average molecular weight is 530 g/mol. The number of methoxy groups -OCH3 is 1. The smallest absolute Gasteiger partial charge is 0.319 e. The number of fused-ring (bicyclic) bond motifs is 2. The minimum atomic E-state index is -3.99. The van der Waals surface area contributed by atoms with Crippen LogP contribution in [-0.2, 0) is 34.7 Å². The molecule has 10 nitrogen and oxygen atoms in total. The summed E-state index contributed by atoms with van der Waals surface area (Å²) in [5.74, 6) is -3.06. The highest BCUT2D eigenvalue weighted by atomic mass is 32.2. The minimum absolute atomic E-state index is 0.0240. The van der Waals surface area contributed by atoms with E-state index < -0.39 is 27.3 Å². The zero-order valence-corrected chi connectivity index (χ0v) is 20.7. The van der Waals surface area contributed by atoms with E-state index in [1.54, 1.807) is 0 Å². The fraction of sp³-hybridized carbons (Fsp3) is 0.240. The van der Waals surface area contributed by atoms with Crippen molar-refractivity contribution in [2.75, 3.05) is 32.3 Å². The summed E-state index contributed by atoms with van der Waals surface area (Å²) in [5, 5.41) is 0. The van der Waals surface area contributed by atoms with Crippen molar-refractivity contribution < 1.29 is 41.6 Å². The molecule has 0 unspecified atom stereocenters. The quantitative estimate of drug-likeness (QED) is 0.442. The van der Waals surface area contributed by atoms with Crippen LogP contribution >= 0.6 is 0 Å². The molecule has 1 saturated heterocycles. The number of carbonyl (C=O) groups is 1. The Balaban J connectivity index is 1.64. The Bertz CT molecular complexity index is 1500. The van der Waals surface area contributed by atoms with Crippen molar-refractivity contribution in [2.45, 2.75) is 22.0 Å². The lowest BCUT2D eigenvalue weighted by molar-refractivity contribution is -0.736. The predicted molar refractivity (Wildman–Crippen MR) is 127 cm³/mol. The van der Waals surface area contributed by atoms with Crippen LogP contribution in [0.3, 0.4) is 0 Å². The summed E-state index contributed by atoms with van der Waals surface area (Å²) in [7, 11) is -1.38. The number of hydrogen-bond donors (Lipinski definition) is 0. The van der Waals surface area contributed by atoms with E-state index in [1.807, 2.05) is 0 Å². The first-order chi connectivity index (χ1) is 17.7. The maximum Gasteiger partial charge on any atom is 0.319 e. The monoisotopic (exact) mass is 529 g/mol. The normalized spacial score (nSPS) is 16.5. The fourth-order valence-electron chi connectivity index (χ4n) is 4.35. The molecule has 1 amide bonds. The molecule has 3 aromatic rings. The molecule has 2 heterocycles. The van der Waals surface area contributed by atoms with Crippen LogP contribution in [0.5, 0.6) is 5.75 Å². The lowest BCUT2D eigenvalue weighted by atomic mass is 10.1. The molecule has 0 radical (unpaired) electrons. The van der Waals surface area contributed by atoms with Gasteiger partial charge in [-0.25, -0.2) is 17.6 Å². The second-order valence-corrected chi connectivity index (χ2v) is 10.2. The van der Waals surface area contributed by atoms with Gasteiger partial charge >= 0.3 is 5.69 Å². The number of carbonyl (C=O) groups excluding carboxylic acids is 1. The first-order valence-electron chi connectivity index (χ1n) is 11.2. The van der Waals surface area contributed by atoms with E-state index >= 15 is 4.39 Å². The van der Waals surface area contributed by atoms with Gasteiger partial charge in [0.25, 0.3) is 16.6 Å². The molecule has 1 fully saturated rings. The van der Waals surface area contributed by atoms with Crippen LogP contribution in [0, 0.1) is 10.7 Å². The van der Waals surface area contributed by atoms with Crippen molar-refractivity contribution in [1.29, 1.82) is 0 Å². The topological polar surface area (TPSA) is 111 Å². The van der Waals surface area contributed by atoms with Gasteiger partial charge in [-0.3, -0.25) is 9.69 Å². The molecule has 0 aromatic heterocycles. The number of amides is 1. The van der Waals surface area contributed by atoms with Crippen molar-refractivity contribution >= 4 is 32.8 Å². The van der Waals surface area contributed by atoms with E-state index in [2.05, 4.69) is 4.84 Å². The van der Waals surface area contributed by atoms with Gasteiger partial charge in [0.05, 0.1) is 52.5 Å². The Hall–Kier alpha value is -3.87. The molecule has 1 spiro atoms. The van der Waals surface area contributed by atoms with Crippen LogP contribution in [-0.4, -0.2) is 46.7 Å². The largest absolute Gasteiger partial charge is 0.497 e. The van der Waals surface area contributed by atoms with Gasteiger partial charge in [-0.2, -0.15) is 0 Å². The van der Waals surface area contributed by atoms with Crippen molar-refractivity contribution in [3.8, 4) is 5.75 Å². The highest BCUT2D eigenvalue weighted by Crippen LogP contribution is 2.50. The van der Waals surface area contributed by atoms with Crippen molar-refractivity contribution in [3.63, 3.8) is 0 Å². The standard InChI is InChI=1S/C25H22FN2O8S/c1-33-17-5-7-18(8-6-17)37(31,32)19-9-11-22-20(15-19)25(35-12-3-13-36-25)24(29)27(22)23-10-4-16(14-21(23)26)28(30)34-2/h4-11,14-15H,3,12-13H2,1-2H3/q+1. The molecule has 0 saturated carbocycles. The molecule has 5 rings (SSSR count). The minimum Gasteiger partial charge on any atom is -0.497 e. The Morgan fingerprint density at radius 3 is 2.22 bits per heavy atom. The second kappa shape index (κ2) is 9.21. The molecule has 0 aliphatic carbocycles. The van der Waals surface area contributed by atoms with Crippen LogP contribution < -0.4 is 9.64 Å². The molecule has 12 heteroatoms. The van der Waals surface area contributed by atoms with Crippen LogP contribution in [0.25, 0.3) is 0 Å². The Labute approximate surface area is 211 Å². The zero-order valence-electron chi connectivity index (χ0n) is 19.8. The summed E-state index contributed by atoms with van der Waals surface area (Å²) in [5.41, 5.74) is 0.0481. The number of nitrogens with zero attached hydrogens (tertiary/aromatic N) is 2. The number of hydrogen-bond acceptors (Lipinski definition) is 8. The molecule has 37 heavy (non-hydrogen) atoms. The lowest BCUT2D eigenvalue weighted by Crippen LogP contribution is -2.46. The third kappa shape index (κ3) is 3.93. The maximum atomic E-state index is 15.2.